The highest BCUT2D eigenvalue weighted by Crippen LogP contribution is 2.23. The summed E-state index contributed by atoms with van der Waals surface area (Å²) in [5, 5.41) is 2.55. The Kier molecular flexibility index (Phi) is 6.04. The molecule has 0 aliphatic heterocycles. The third-order valence-corrected chi connectivity index (χ3v) is 3.39. The lowest BCUT2D eigenvalue weighted by atomic mass is 10.00. The quantitative estimate of drug-likeness (QED) is 0.831. The van der Waals surface area contributed by atoms with E-state index >= 15 is 0 Å². The van der Waals surface area contributed by atoms with E-state index in [1.54, 1.807) is 32.9 Å². The number of carbonyl (C=O) groups excluding carboxylic acids is 2. The van der Waals surface area contributed by atoms with E-state index in [0.717, 1.165) is 0 Å². The van der Waals surface area contributed by atoms with Crippen molar-refractivity contribution in [2.24, 2.45) is 5.73 Å². The molecule has 0 fully saturated rings. The molecule has 0 bridgehead atoms. The molecule has 0 spiro atoms. The van der Waals surface area contributed by atoms with Gasteiger partial charge in [-0.3, -0.25) is 4.79 Å². The van der Waals surface area contributed by atoms with Crippen LogP contribution in [0, 0.1) is 0 Å². The van der Waals surface area contributed by atoms with Gasteiger partial charge in [-0.05, 0) is 44.0 Å². The van der Waals surface area contributed by atoms with Crippen molar-refractivity contribution in [1.29, 1.82) is 0 Å². The van der Waals surface area contributed by atoms with Crippen LogP contribution in [0.3, 0.4) is 0 Å². The molecule has 0 saturated carbocycles. The van der Waals surface area contributed by atoms with Crippen molar-refractivity contribution < 1.29 is 23.1 Å². The van der Waals surface area contributed by atoms with Crippen LogP contribution >= 0.6 is 0 Å². The van der Waals surface area contributed by atoms with E-state index in [2.05, 4.69) is 15.3 Å². The molecule has 2 rings (SSSR count). The van der Waals surface area contributed by atoms with E-state index in [0.29, 0.717) is 16.7 Å². The van der Waals surface area contributed by atoms with Crippen LogP contribution in [0.5, 0.6) is 0 Å². The van der Waals surface area contributed by atoms with Crippen LogP contribution < -0.4 is 11.1 Å². The van der Waals surface area contributed by atoms with Gasteiger partial charge in [-0.15, -0.1) is 0 Å². The molecule has 9 heteroatoms. The maximum atomic E-state index is 12.6. The molecule has 0 atom stereocenters. The van der Waals surface area contributed by atoms with Crippen molar-refractivity contribution in [3.05, 3.63) is 47.5 Å². The Balaban J connectivity index is 2.25. The molecule has 2 amide bonds. The van der Waals surface area contributed by atoms with Gasteiger partial charge >= 0.3 is 6.09 Å². The van der Waals surface area contributed by atoms with Crippen LogP contribution in [-0.4, -0.2) is 27.6 Å². The van der Waals surface area contributed by atoms with E-state index in [1.165, 1.54) is 18.5 Å². The highest BCUT2D eigenvalue weighted by Gasteiger charge is 2.17. The molecule has 1 aromatic heterocycles. The highest BCUT2D eigenvalue weighted by molar-refractivity contribution is 5.95. The van der Waals surface area contributed by atoms with Gasteiger partial charge in [0.1, 0.15) is 5.60 Å². The summed E-state index contributed by atoms with van der Waals surface area (Å²) in [6, 6.07) is 4.70. The van der Waals surface area contributed by atoms with E-state index in [4.69, 9.17) is 10.5 Å². The normalized spacial score (nSPS) is 11.3. The summed E-state index contributed by atoms with van der Waals surface area (Å²) in [4.78, 5) is 30.7. The Bertz CT molecular complexity index is 833. The summed E-state index contributed by atoms with van der Waals surface area (Å²) in [7, 11) is 0. The summed E-state index contributed by atoms with van der Waals surface area (Å²) in [6.45, 7) is 5.18. The minimum Gasteiger partial charge on any atom is -0.444 e. The summed E-state index contributed by atoms with van der Waals surface area (Å²) in [5.74, 6) is -1.23. The molecule has 0 aliphatic rings. The van der Waals surface area contributed by atoms with Gasteiger partial charge < -0.3 is 15.8 Å². The van der Waals surface area contributed by atoms with Crippen molar-refractivity contribution >= 4 is 12.0 Å². The molecule has 7 nitrogen and oxygen atoms in total. The van der Waals surface area contributed by atoms with Crippen molar-refractivity contribution in [2.75, 3.05) is 0 Å². The van der Waals surface area contributed by atoms with Crippen LogP contribution in [0.25, 0.3) is 11.1 Å². The minimum atomic E-state index is -2.76. The number of alkyl carbamates (subject to hydrolysis) is 1. The van der Waals surface area contributed by atoms with E-state index in [-0.39, 0.29) is 12.1 Å². The van der Waals surface area contributed by atoms with Crippen molar-refractivity contribution in [3.63, 3.8) is 0 Å². The number of carbonyl (C=O) groups is 2. The Hall–Kier alpha value is -3.10. The lowest BCUT2D eigenvalue weighted by Crippen LogP contribution is -2.32. The number of rotatable bonds is 5. The van der Waals surface area contributed by atoms with Gasteiger partial charge in [0, 0.05) is 30.1 Å². The van der Waals surface area contributed by atoms with Crippen LogP contribution in [0.1, 0.15) is 48.9 Å². The summed E-state index contributed by atoms with van der Waals surface area (Å²) in [5.41, 5.74) is 6.44. The number of hydrogen-bond donors (Lipinski definition) is 2. The number of halogens is 2. The first-order chi connectivity index (χ1) is 12.6. The second-order valence-corrected chi connectivity index (χ2v) is 6.72. The van der Waals surface area contributed by atoms with E-state index in [1.807, 2.05) is 0 Å². The zero-order chi connectivity index (χ0) is 20.2. The molecule has 27 heavy (non-hydrogen) atoms. The topological polar surface area (TPSA) is 107 Å². The Morgan fingerprint density at radius 2 is 1.81 bits per heavy atom. The fourth-order valence-electron chi connectivity index (χ4n) is 2.24. The average Bonchev–Trinajstić information content (AvgIpc) is 2.58. The van der Waals surface area contributed by atoms with Gasteiger partial charge in [-0.1, -0.05) is 6.07 Å². The van der Waals surface area contributed by atoms with Crippen LogP contribution in [0.2, 0.25) is 0 Å². The minimum absolute atomic E-state index is 0.00297. The second-order valence-electron chi connectivity index (χ2n) is 6.72. The number of nitrogens with two attached hydrogens (primary N) is 1. The van der Waals surface area contributed by atoms with Crippen LogP contribution in [-0.2, 0) is 11.3 Å². The Labute approximate surface area is 155 Å². The van der Waals surface area contributed by atoms with Crippen molar-refractivity contribution in [2.45, 2.75) is 39.3 Å². The summed E-state index contributed by atoms with van der Waals surface area (Å²) < 4.78 is 30.3. The maximum Gasteiger partial charge on any atom is 0.407 e. The van der Waals surface area contributed by atoms with Crippen molar-refractivity contribution in [1.82, 2.24) is 15.3 Å². The third kappa shape index (κ3) is 5.70. The summed E-state index contributed by atoms with van der Waals surface area (Å²) in [6.07, 6.45) is -0.879. The highest BCUT2D eigenvalue weighted by atomic mass is 19.3. The van der Waals surface area contributed by atoms with Gasteiger partial charge in [-0.2, -0.15) is 0 Å². The van der Waals surface area contributed by atoms with Gasteiger partial charge in [0.15, 0.2) is 5.82 Å². The molecule has 3 N–H and O–H groups in total. The van der Waals surface area contributed by atoms with Gasteiger partial charge in [0.25, 0.3) is 6.43 Å². The lowest BCUT2D eigenvalue weighted by molar-refractivity contribution is 0.0523. The first kappa shape index (κ1) is 20.2. The van der Waals surface area contributed by atoms with E-state index < -0.39 is 29.9 Å². The molecule has 2 aromatic rings. The SMILES string of the molecule is CC(C)(C)OC(=O)NCc1cc(-c2cnc(C(F)F)nc2)ccc1C(N)=O. The van der Waals surface area contributed by atoms with E-state index in [9.17, 15) is 18.4 Å². The molecule has 0 radical (unpaired) electrons. The number of nitrogens with zero attached hydrogens (tertiary/aromatic N) is 2. The second kappa shape index (κ2) is 8.07. The predicted octanol–water partition coefficient (Wildman–Crippen LogP) is 3.20. The number of primary amides is 1. The summed E-state index contributed by atoms with van der Waals surface area (Å²) >= 11 is 0. The fraction of sp³-hybridized carbons (Fsp3) is 0.333. The zero-order valence-electron chi connectivity index (χ0n) is 15.1. The Morgan fingerprint density at radius 1 is 1.19 bits per heavy atom. The maximum absolute atomic E-state index is 12.6. The lowest BCUT2D eigenvalue weighted by Gasteiger charge is -2.20. The number of aromatic nitrogens is 2. The predicted molar refractivity (Wildman–Crippen MR) is 94.0 cm³/mol. The molecule has 0 aliphatic carbocycles. The standard InChI is InChI=1S/C18H20F2N4O3/c1-18(2,3)27-17(26)24-7-11-6-10(4-5-13(11)15(21)25)12-8-22-16(14(19)20)23-9-12/h4-6,8-9,14H,7H2,1-3H3,(H2,21,25)(H,24,26). The molecular weight excluding hydrogens is 358 g/mol. The molecule has 1 heterocycles. The molecule has 0 saturated heterocycles. The fourth-order valence-corrected chi connectivity index (χ4v) is 2.24. The first-order valence-corrected chi connectivity index (χ1v) is 8.07. The number of amides is 2. The first-order valence-electron chi connectivity index (χ1n) is 8.07. The molecule has 1 aromatic carbocycles. The number of hydrogen-bond acceptors (Lipinski definition) is 5. The van der Waals surface area contributed by atoms with Gasteiger partial charge in [0.2, 0.25) is 5.91 Å². The zero-order valence-corrected chi connectivity index (χ0v) is 15.1. The third-order valence-electron chi connectivity index (χ3n) is 3.39. The van der Waals surface area contributed by atoms with Gasteiger partial charge in [0.05, 0.1) is 0 Å². The molecular formula is C18H20F2N4O3. The average molecular weight is 378 g/mol. The largest absolute Gasteiger partial charge is 0.444 e. The van der Waals surface area contributed by atoms with Crippen LogP contribution in [0.4, 0.5) is 13.6 Å². The van der Waals surface area contributed by atoms with Crippen molar-refractivity contribution in [3.8, 4) is 11.1 Å². The number of ether oxygens (including phenoxy) is 1. The monoisotopic (exact) mass is 378 g/mol. The number of alkyl halides is 2. The number of nitrogens with one attached hydrogen (secondary N) is 1. The van der Waals surface area contributed by atoms with Crippen LogP contribution in [0.15, 0.2) is 30.6 Å². The molecule has 144 valence electrons. The van der Waals surface area contributed by atoms with Gasteiger partial charge in [-0.25, -0.2) is 23.5 Å². The Morgan fingerprint density at radius 3 is 2.33 bits per heavy atom. The smallest absolute Gasteiger partial charge is 0.407 e. The molecule has 0 unspecified atom stereocenters. The number of benzene rings is 1.